The summed E-state index contributed by atoms with van der Waals surface area (Å²) in [5.74, 6) is 0. The highest BCUT2D eigenvalue weighted by Crippen LogP contribution is 2.22. The summed E-state index contributed by atoms with van der Waals surface area (Å²) >= 11 is 1.78. The van der Waals surface area contributed by atoms with Crippen molar-refractivity contribution in [2.75, 3.05) is 20.1 Å². The number of aromatic nitrogens is 1. The van der Waals surface area contributed by atoms with Crippen LogP contribution in [0.5, 0.6) is 0 Å². The zero-order valence-electron chi connectivity index (χ0n) is 12.6. The van der Waals surface area contributed by atoms with Crippen LogP contribution >= 0.6 is 11.3 Å². The molecule has 104 valence electrons. The van der Waals surface area contributed by atoms with E-state index in [0.717, 1.165) is 18.1 Å². The molecule has 4 heteroatoms. The molecule has 0 aliphatic heterocycles. The molecule has 3 nitrogen and oxygen atoms in total. The number of nitrogens with one attached hydrogen (secondary N) is 1. The van der Waals surface area contributed by atoms with Gasteiger partial charge in [0.05, 0.1) is 10.7 Å². The van der Waals surface area contributed by atoms with E-state index < -0.39 is 0 Å². The molecule has 1 N–H and O–H groups in total. The van der Waals surface area contributed by atoms with Crippen molar-refractivity contribution < 1.29 is 0 Å². The van der Waals surface area contributed by atoms with Gasteiger partial charge in [0.2, 0.25) is 0 Å². The van der Waals surface area contributed by atoms with Crippen LogP contribution in [-0.4, -0.2) is 36.1 Å². The van der Waals surface area contributed by atoms with Gasteiger partial charge < -0.3 is 10.2 Å². The summed E-state index contributed by atoms with van der Waals surface area (Å²) < 4.78 is 0. The molecule has 0 bridgehead atoms. The fourth-order valence-corrected chi connectivity index (χ4v) is 2.95. The van der Waals surface area contributed by atoms with Crippen LogP contribution in [0.25, 0.3) is 0 Å². The lowest BCUT2D eigenvalue weighted by Gasteiger charge is -2.24. The Morgan fingerprint density at radius 1 is 1.33 bits per heavy atom. The highest BCUT2D eigenvalue weighted by molar-refractivity contribution is 7.11. The Morgan fingerprint density at radius 3 is 2.50 bits per heavy atom. The van der Waals surface area contributed by atoms with Gasteiger partial charge in [-0.3, -0.25) is 0 Å². The van der Waals surface area contributed by atoms with E-state index in [1.54, 1.807) is 11.3 Å². The maximum absolute atomic E-state index is 4.60. The highest BCUT2D eigenvalue weighted by Gasteiger charge is 2.13. The van der Waals surface area contributed by atoms with Crippen LogP contribution < -0.4 is 5.32 Å². The van der Waals surface area contributed by atoms with E-state index in [1.165, 1.54) is 17.0 Å². The summed E-state index contributed by atoms with van der Waals surface area (Å²) in [6, 6.07) is 1.01. The molecular formula is C14H27N3S. The minimum Gasteiger partial charge on any atom is -0.308 e. The predicted molar refractivity (Wildman–Crippen MR) is 80.4 cm³/mol. The Bertz CT molecular complexity index is 362. The largest absolute Gasteiger partial charge is 0.308 e. The summed E-state index contributed by atoms with van der Waals surface area (Å²) in [5.41, 5.74) is 1.21. The first-order chi connectivity index (χ1) is 8.45. The van der Waals surface area contributed by atoms with Gasteiger partial charge in [0.15, 0.2) is 0 Å². The SMILES string of the molecule is CCC(C)N(C)CCNC(C)c1nc(C)sc1C. The molecule has 0 aliphatic rings. The number of likely N-dealkylation sites (N-methyl/N-ethyl adjacent to an activating group) is 1. The summed E-state index contributed by atoms with van der Waals surface area (Å²) in [5, 5.41) is 4.73. The van der Waals surface area contributed by atoms with Crippen LogP contribution in [0.1, 0.15) is 48.8 Å². The van der Waals surface area contributed by atoms with E-state index in [2.05, 4.69) is 56.9 Å². The van der Waals surface area contributed by atoms with Crippen LogP contribution in [0, 0.1) is 13.8 Å². The average molecular weight is 269 g/mol. The molecule has 2 unspecified atom stereocenters. The number of hydrogen-bond acceptors (Lipinski definition) is 4. The maximum Gasteiger partial charge on any atom is 0.0900 e. The number of rotatable bonds is 7. The quantitative estimate of drug-likeness (QED) is 0.824. The molecule has 0 amide bonds. The van der Waals surface area contributed by atoms with Gasteiger partial charge in [-0.1, -0.05) is 6.92 Å². The van der Waals surface area contributed by atoms with Crippen LogP contribution in [0.4, 0.5) is 0 Å². The van der Waals surface area contributed by atoms with Crippen LogP contribution in [0.2, 0.25) is 0 Å². The van der Waals surface area contributed by atoms with Gasteiger partial charge in [0.1, 0.15) is 0 Å². The third kappa shape index (κ3) is 4.34. The van der Waals surface area contributed by atoms with Gasteiger partial charge in [0, 0.05) is 30.1 Å². The fraction of sp³-hybridized carbons (Fsp3) is 0.786. The Hall–Kier alpha value is -0.450. The van der Waals surface area contributed by atoms with Crippen LogP contribution in [-0.2, 0) is 0 Å². The topological polar surface area (TPSA) is 28.2 Å². The van der Waals surface area contributed by atoms with E-state index >= 15 is 0 Å². The van der Waals surface area contributed by atoms with Crippen molar-refractivity contribution in [2.24, 2.45) is 0 Å². The van der Waals surface area contributed by atoms with E-state index in [4.69, 9.17) is 0 Å². The molecular weight excluding hydrogens is 242 g/mol. The molecule has 2 atom stereocenters. The normalized spacial score (nSPS) is 15.1. The molecule has 0 aromatic carbocycles. The van der Waals surface area contributed by atoms with Gasteiger partial charge in [0.25, 0.3) is 0 Å². The molecule has 1 aromatic heterocycles. The Balaban J connectivity index is 2.38. The minimum atomic E-state index is 0.347. The Morgan fingerprint density at radius 2 is 2.00 bits per heavy atom. The lowest BCUT2D eigenvalue weighted by atomic mass is 10.2. The third-order valence-corrected chi connectivity index (χ3v) is 4.51. The van der Waals surface area contributed by atoms with Crippen molar-refractivity contribution >= 4 is 11.3 Å². The monoisotopic (exact) mass is 269 g/mol. The molecule has 0 radical (unpaired) electrons. The number of thiazole rings is 1. The lowest BCUT2D eigenvalue weighted by molar-refractivity contribution is 0.249. The molecule has 0 saturated heterocycles. The summed E-state index contributed by atoms with van der Waals surface area (Å²) in [6.45, 7) is 13.0. The van der Waals surface area contributed by atoms with E-state index in [0.29, 0.717) is 12.1 Å². The smallest absolute Gasteiger partial charge is 0.0900 e. The number of nitrogens with zero attached hydrogens (tertiary/aromatic N) is 2. The summed E-state index contributed by atoms with van der Waals surface area (Å²) in [6.07, 6.45) is 1.20. The molecule has 0 saturated carbocycles. The van der Waals surface area contributed by atoms with Crippen molar-refractivity contribution in [3.8, 4) is 0 Å². The van der Waals surface area contributed by atoms with Crippen LogP contribution in [0.3, 0.4) is 0 Å². The zero-order chi connectivity index (χ0) is 13.7. The van der Waals surface area contributed by atoms with Crippen LogP contribution in [0.15, 0.2) is 0 Å². The molecule has 18 heavy (non-hydrogen) atoms. The molecule has 0 spiro atoms. The van der Waals surface area contributed by atoms with E-state index in [1.807, 2.05) is 0 Å². The zero-order valence-corrected chi connectivity index (χ0v) is 13.4. The first-order valence-corrected chi connectivity index (χ1v) is 7.64. The first-order valence-electron chi connectivity index (χ1n) is 6.83. The van der Waals surface area contributed by atoms with Crippen molar-refractivity contribution in [3.63, 3.8) is 0 Å². The fourth-order valence-electron chi connectivity index (χ4n) is 2.03. The highest BCUT2D eigenvalue weighted by atomic mass is 32.1. The van der Waals surface area contributed by atoms with E-state index in [-0.39, 0.29) is 0 Å². The molecule has 1 aromatic rings. The molecule has 1 heterocycles. The van der Waals surface area contributed by atoms with Gasteiger partial charge in [-0.05, 0) is 41.2 Å². The second kappa shape index (κ2) is 7.22. The molecule has 1 rings (SSSR count). The van der Waals surface area contributed by atoms with Crippen molar-refractivity contribution in [3.05, 3.63) is 15.6 Å². The second-order valence-corrected chi connectivity index (χ2v) is 6.50. The van der Waals surface area contributed by atoms with Crippen molar-refractivity contribution in [2.45, 2.75) is 53.1 Å². The van der Waals surface area contributed by atoms with Gasteiger partial charge >= 0.3 is 0 Å². The van der Waals surface area contributed by atoms with Gasteiger partial charge in [-0.15, -0.1) is 11.3 Å². The Labute approximate surface area is 116 Å². The van der Waals surface area contributed by atoms with Gasteiger partial charge in [-0.25, -0.2) is 4.98 Å². The Kier molecular flexibility index (Phi) is 6.26. The minimum absolute atomic E-state index is 0.347. The maximum atomic E-state index is 4.60. The third-order valence-electron chi connectivity index (χ3n) is 3.61. The molecule has 0 fully saturated rings. The summed E-state index contributed by atoms with van der Waals surface area (Å²) in [4.78, 5) is 8.34. The molecule has 0 aliphatic carbocycles. The van der Waals surface area contributed by atoms with Crippen molar-refractivity contribution in [1.82, 2.24) is 15.2 Å². The number of hydrogen-bond donors (Lipinski definition) is 1. The predicted octanol–water partition coefficient (Wildman–Crippen LogP) is 3.14. The van der Waals surface area contributed by atoms with E-state index in [9.17, 15) is 0 Å². The summed E-state index contributed by atoms with van der Waals surface area (Å²) in [7, 11) is 2.19. The van der Waals surface area contributed by atoms with Gasteiger partial charge in [-0.2, -0.15) is 0 Å². The standard InChI is InChI=1S/C14H27N3S/c1-7-10(2)17(6)9-8-15-11(3)14-12(4)18-13(5)16-14/h10-11,15H,7-9H2,1-6H3. The second-order valence-electron chi connectivity index (χ2n) is 5.09. The average Bonchev–Trinajstić information content (AvgIpc) is 2.67. The van der Waals surface area contributed by atoms with Crippen molar-refractivity contribution in [1.29, 1.82) is 0 Å². The lowest BCUT2D eigenvalue weighted by Crippen LogP contribution is -2.35. The first kappa shape index (κ1) is 15.6. The number of aryl methyl sites for hydroxylation is 2.